The van der Waals surface area contributed by atoms with Crippen molar-refractivity contribution in [1.82, 2.24) is 10.2 Å². The van der Waals surface area contributed by atoms with Crippen molar-refractivity contribution in [1.29, 1.82) is 0 Å². The number of anilines is 2. The lowest BCUT2D eigenvalue weighted by Crippen LogP contribution is -2.50. The van der Waals surface area contributed by atoms with Gasteiger partial charge in [-0.05, 0) is 73.7 Å². The van der Waals surface area contributed by atoms with Gasteiger partial charge in [-0.15, -0.1) is 12.4 Å². The molecule has 10 nitrogen and oxygen atoms in total. The minimum Gasteiger partial charge on any atom is -0.457 e. The maximum Gasteiger partial charge on any atom is 0.319 e. The topological polar surface area (TPSA) is 143 Å². The molecule has 3 amide bonds. The third kappa shape index (κ3) is 10.3. The molecule has 46 heavy (non-hydrogen) atoms. The number of nitrogens with zero attached hydrogens (tertiary/aromatic N) is 1. The molecule has 4 rings (SSSR count). The minimum absolute atomic E-state index is 0. The Labute approximate surface area is 274 Å². The zero-order chi connectivity index (χ0) is 32.7. The van der Waals surface area contributed by atoms with Crippen LogP contribution in [0.15, 0.2) is 54.6 Å². The van der Waals surface area contributed by atoms with Crippen molar-refractivity contribution in [2.45, 2.75) is 64.6 Å². The Morgan fingerprint density at radius 2 is 1.78 bits per heavy atom. The predicted octanol–water partition coefficient (Wildman–Crippen LogP) is 6.30. The molecular weight excluding hydrogens is 640 g/mol. The van der Waals surface area contributed by atoms with Crippen LogP contribution in [0.5, 0.6) is 11.5 Å². The van der Waals surface area contributed by atoms with Crippen molar-refractivity contribution in [3.05, 3.63) is 82.9 Å². The Kier molecular flexibility index (Phi) is 12.8. The third-order valence-corrected chi connectivity index (χ3v) is 8.26. The molecule has 0 aromatic heterocycles. The number of hydrogen-bond donors (Lipinski definition) is 4. The summed E-state index contributed by atoms with van der Waals surface area (Å²) in [6, 6.07) is 13.7. The van der Waals surface area contributed by atoms with Crippen LogP contribution in [0.2, 0.25) is 0 Å². The van der Waals surface area contributed by atoms with Crippen LogP contribution in [-0.2, 0) is 16.6 Å². The van der Waals surface area contributed by atoms with E-state index in [1.807, 2.05) is 31.2 Å². The van der Waals surface area contributed by atoms with Crippen LogP contribution >= 0.6 is 12.4 Å². The van der Waals surface area contributed by atoms with Crippen molar-refractivity contribution in [2.24, 2.45) is 5.73 Å². The molecule has 0 aliphatic carbocycles. The Morgan fingerprint density at radius 1 is 1.07 bits per heavy atom. The molecule has 1 aliphatic rings. The van der Waals surface area contributed by atoms with Gasteiger partial charge in [-0.25, -0.2) is 22.0 Å². The standard InChI is InChI=1S/C32H39F2N5O5S.ClH/c1-4-5-6-24-16-22(36-32(41)37-29-17-26(31(35)40)27(33)18-28(29)34)13-14-39(24)19-21-7-10-25(11-8-21)44-30-12-9-23(15-20(30)2)38-45(3,42)43;/h7-12,15,17-18,22,24,38H,4-6,13-14,16,19H2,1-3H3,(H2,35,40)(H2,36,37,41);1H. The first kappa shape index (κ1) is 36.5. The molecular formula is C32H40ClF2N5O5S. The van der Waals surface area contributed by atoms with Gasteiger partial charge in [0.05, 0.1) is 17.5 Å². The van der Waals surface area contributed by atoms with Crippen LogP contribution in [0, 0.1) is 18.6 Å². The number of piperidine rings is 1. The minimum atomic E-state index is -3.37. The molecule has 0 bridgehead atoms. The molecule has 1 fully saturated rings. The van der Waals surface area contributed by atoms with Gasteiger partial charge in [0.15, 0.2) is 0 Å². The summed E-state index contributed by atoms with van der Waals surface area (Å²) < 4.78 is 59.5. The van der Waals surface area contributed by atoms with Crippen LogP contribution < -0.4 is 25.8 Å². The molecule has 1 aliphatic heterocycles. The number of halogens is 3. The summed E-state index contributed by atoms with van der Waals surface area (Å²) in [6.07, 6.45) is 5.50. The second-order valence-electron chi connectivity index (χ2n) is 11.4. The Balaban J connectivity index is 0.00000576. The van der Waals surface area contributed by atoms with Gasteiger partial charge in [-0.3, -0.25) is 14.4 Å². The van der Waals surface area contributed by atoms with E-state index in [0.717, 1.165) is 55.8 Å². The first-order chi connectivity index (χ1) is 21.3. The summed E-state index contributed by atoms with van der Waals surface area (Å²) in [4.78, 5) is 26.5. The summed E-state index contributed by atoms with van der Waals surface area (Å²) in [6.45, 7) is 5.43. The van der Waals surface area contributed by atoms with Crippen LogP contribution in [0.4, 0.5) is 25.0 Å². The number of carbonyl (C=O) groups is 2. The average molecular weight is 680 g/mol. The normalized spacial score (nSPS) is 16.6. The number of ether oxygens (including phenoxy) is 1. The second-order valence-corrected chi connectivity index (χ2v) is 13.1. The molecule has 3 aromatic carbocycles. The lowest BCUT2D eigenvalue weighted by molar-refractivity contribution is 0.0996. The van der Waals surface area contributed by atoms with Gasteiger partial charge < -0.3 is 21.1 Å². The van der Waals surface area contributed by atoms with Gasteiger partial charge in [0.25, 0.3) is 5.91 Å². The summed E-state index contributed by atoms with van der Waals surface area (Å²) in [5, 5.41) is 5.27. The number of aryl methyl sites for hydroxylation is 1. The van der Waals surface area contributed by atoms with Gasteiger partial charge in [-0.2, -0.15) is 0 Å². The number of urea groups is 1. The van der Waals surface area contributed by atoms with Gasteiger partial charge in [0.1, 0.15) is 23.1 Å². The second kappa shape index (κ2) is 16.1. The molecule has 2 atom stereocenters. The predicted molar refractivity (Wildman–Crippen MR) is 177 cm³/mol. The monoisotopic (exact) mass is 679 g/mol. The number of primary amides is 1. The summed E-state index contributed by atoms with van der Waals surface area (Å²) >= 11 is 0. The van der Waals surface area contributed by atoms with Crippen molar-refractivity contribution >= 4 is 45.7 Å². The number of likely N-dealkylation sites (tertiary alicyclic amines) is 1. The van der Waals surface area contributed by atoms with E-state index in [2.05, 4.69) is 27.2 Å². The van der Waals surface area contributed by atoms with Crippen LogP contribution in [0.3, 0.4) is 0 Å². The van der Waals surface area contributed by atoms with Crippen LogP contribution in [0.25, 0.3) is 0 Å². The number of rotatable bonds is 12. The number of nitrogens with one attached hydrogen (secondary N) is 3. The fraction of sp³-hybridized carbons (Fsp3) is 0.375. The molecule has 0 radical (unpaired) electrons. The van der Waals surface area contributed by atoms with Crippen molar-refractivity contribution in [2.75, 3.05) is 22.8 Å². The van der Waals surface area contributed by atoms with Crippen LogP contribution in [-0.4, -0.2) is 50.1 Å². The zero-order valence-electron chi connectivity index (χ0n) is 25.9. The van der Waals surface area contributed by atoms with Gasteiger partial charge in [0, 0.05) is 36.9 Å². The first-order valence-electron chi connectivity index (χ1n) is 14.8. The molecule has 5 N–H and O–H groups in total. The SMILES string of the molecule is CCCCC1CC(NC(=O)Nc2cc(C(N)=O)c(F)cc2F)CCN1Cc1ccc(Oc2ccc(NS(C)(=O)=O)cc2C)cc1.Cl. The lowest BCUT2D eigenvalue weighted by Gasteiger charge is -2.40. The summed E-state index contributed by atoms with van der Waals surface area (Å²) in [5.41, 5.74) is 6.67. The smallest absolute Gasteiger partial charge is 0.319 e. The number of nitrogens with two attached hydrogens (primary N) is 1. The van der Waals surface area contributed by atoms with E-state index in [4.69, 9.17) is 10.5 Å². The quantitative estimate of drug-likeness (QED) is 0.177. The first-order valence-corrected chi connectivity index (χ1v) is 16.7. The van der Waals surface area contributed by atoms with Crippen molar-refractivity contribution in [3.63, 3.8) is 0 Å². The van der Waals surface area contributed by atoms with E-state index in [9.17, 15) is 26.8 Å². The highest BCUT2D eigenvalue weighted by molar-refractivity contribution is 7.92. The Bertz CT molecular complexity index is 1640. The molecule has 2 unspecified atom stereocenters. The summed E-state index contributed by atoms with van der Waals surface area (Å²) in [5.74, 6) is -1.88. The molecule has 1 heterocycles. The fourth-order valence-electron chi connectivity index (χ4n) is 5.42. The zero-order valence-corrected chi connectivity index (χ0v) is 27.6. The number of benzene rings is 3. The van der Waals surface area contributed by atoms with E-state index >= 15 is 0 Å². The van der Waals surface area contributed by atoms with Gasteiger partial charge >= 0.3 is 6.03 Å². The highest BCUT2D eigenvalue weighted by atomic mass is 35.5. The summed E-state index contributed by atoms with van der Waals surface area (Å²) in [7, 11) is -3.37. The highest BCUT2D eigenvalue weighted by Crippen LogP contribution is 2.29. The maximum absolute atomic E-state index is 14.2. The Morgan fingerprint density at radius 3 is 2.41 bits per heavy atom. The molecule has 0 saturated carbocycles. The van der Waals surface area contributed by atoms with Crippen LogP contribution in [0.1, 0.15) is 60.5 Å². The molecule has 250 valence electrons. The van der Waals surface area contributed by atoms with E-state index in [-0.39, 0.29) is 30.2 Å². The number of unbranched alkanes of at least 4 members (excludes halogenated alkanes) is 1. The van der Waals surface area contributed by atoms with Crippen molar-refractivity contribution < 1.29 is 31.5 Å². The highest BCUT2D eigenvalue weighted by Gasteiger charge is 2.29. The number of carbonyl (C=O) groups excluding carboxylic acids is 2. The molecule has 14 heteroatoms. The largest absolute Gasteiger partial charge is 0.457 e. The number of hydrogen-bond acceptors (Lipinski definition) is 6. The lowest BCUT2D eigenvalue weighted by atomic mass is 9.93. The van der Waals surface area contributed by atoms with Crippen molar-refractivity contribution in [3.8, 4) is 11.5 Å². The van der Waals surface area contributed by atoms with E-state index in [1.54, 1.807) is 18.2 Å². The number of sulfonamides is 1. The fourth-order valence-corrected chi connectivity index (χ4v) is 5.98. The third-order valence-electron chi connectivity index (χ3n) is 7.65. The Hall–Kier alpha value is -3.94. The average Bonchev–Trinajstić information content (AvgIpc) is 2.96. The van der Waals surface area contributed by atoms with E-state index in [1.165, 1.54) is 0 Å². The van der Waals surface area contributed by atoms with E-state index < -0.39 is 39.2 Å². The number of amides is 3. The molecule has 3 aromatic rings. The van der Waals surface area contributed by atoms with E-state index in [0.29, 0.717) is 36.1 Å². The molecule has 0 spiro atoms. The van der Waals surface area contributed by atoms with Gasteiger partial charge in [-0.1, -0.05) is 31.9 Å². The maximum atomic E-state index is 14.2. The molecule has 1 saturated heterocycles. The van der Waals surface area contributed by atoms with Gasteiger partial charge in [0.2, 0.25) is 10.0 Å².